The van der Waals surface area contributed by atoms with E-state index in [9.17, 15) is 4.79 Å². The van der Waals surface area contributed by atoms with E-state index in [0.717, 1.165) is 5.52 Å². The van der Waals surface area contributed by atoms with Crippen molar-refractivity contribution < 1.29 is 9.90 Å². The number of rotatable bonds is 5. The van der Waals surface area contributed by atoms with Gasteiger partial charge in [-0.25, -0.2) is 0 Å². The molecular formula is C16H22N2O2. The standard InChI is InChI=1S/C16H22N2O2/c1-11-5-4-6-14-13(9-17-16(11)14)7-8-15(20)18(3)12(2)10-19/h4-6,9,12,17,19H,7-8,10H2,1-3H3. The number of benzene rings is 1. The zero-order valence-corrected chi connectivity index (χ0v) is 12.3. The molecule has 2 rings (SSSR count). The molecular weight excluding hydrogens is 252 g/mol. The van der Waals surface area contributed by atoms with E-state index < -0.39 is 0 Å². The zero-order chi connectivity index (χ0) is 14.7. The molecule has 0 fully saturated rings. The molecule has 1 aromatic carbocycles. The molecule has 1 amide bonds. The number of nitrogens with one attached hydrogen (secondary N) is 1. The van der Waals surface area contributed by atoms with Gasteiger partial charge in [0.15, 0.2) is 0 Å². The number of carbonyl (C=O) groups is 1. The summed E-state index contributed by atoms with van der Waals surface area (Å²) >= 11 is 0. The summed E-state index contributed by atoms with van der Waals surface area (Å²) in [6.07, 6.45) is 3.16. The van der Waals surface area contributed by atoms with Gasteiger partial charge >= 0.3 is 0 Å². The molecule has 1 unspecified atom stereocenters. The van der Waals surface area contributed by atoms with Crippen molar-refractivity contribution in [1.82, 2.24) is 9.88 Å². The van der Waals surface area contributed by atoms with Gasteiger partial charge in [0, 0.05) is 30.6 Å². The van der Waals surface area contributed by atoms with Gasteiger partial charge in [0.25, 0.3) is 0 Å². The zero-order valence-electron chi connectivity index (χ0n) is 12.3. The van der Waals surface area contributed by atoms with Crippen LogP contribution in [0.5, 0.6) is 0 Å². The number of aliphatic hydroxyl groups excluding tert-OH is 1. The third kappa shape index (κ3) is 2.85. The molecule has 0 radical (unpaired) electrons. The van der Waals surface area contributed by atoms with E-state index in [0.29, 0.717) is 12.8 Å². The SMILES string of the molecule is Cc1cccc2c(CCC(=O)N(C)C(C)CO)c[nH]c12. The van der Waals surface area contributed by atoms with Crippen molar-refractivity contribution >= 4 is 16.8 Å². The van der Waals surface area contributed by atoms with Crippen molar-refractivity contribution in [2.75, 3.05) is 13.7 Å². The average molecular weight is 274 g/mol. The van der Waals surface area contributed by atoms with Gasteiger partial charge in [-0.2, -0.15) is 0 Å². The molecule has 4 nitrogen and oxygen atoms in total. The molecule has 2 aromatic rings. The molecule has 20 heavy (non-hydrogen) atoms. The highest BCUT2D eigenvalue weighted by Gasteiger charge is 2.15. The van der Waals surface area contributed by atoms with Crippen molar-refractivity contribution in [1.29, 1.82) is 0 Å². The molecule has 0 bridgehead atoms. The van der Waals surface area contributed by atoms with Crippen LogP contribution in [-0.2, 0) is 11.2 Å². The Morgan fingerprint density at radius 2 is 2.20 bits per heavy atom. The predicted octanol–water partition coefficient (Wildman–Crippen LogP) is 2.25. The highest BCUT2D eigenvalue weighted by molar-refractivity contribution is 5.86. The number of hydrogen-bond acceptors (Lipinski definition) is 2. The number of H-pyrrole nitrogens is 1. The number of hydrogen-bond donors (Lipinski definition) is 2. The van der Waals surface area contributed by atoms with Gasteiger partial charge in [0.2, 0.25) is 5.91 Å². The van der Waals surface area contributed by atoms with Gasteiger partial charge in [0.05, 0.1) is 12.6 Å². The number of nitrogens with zero attached hydrogens (tertiary/aromatic N) is 1. The second-order valence-corrected chi connectivity index (χ2v) is 5.35. The second-order valence-electron chi connectivity index (χ2n) is 5.35. The average Bonchev–Trinajstić information content (AvgIpc) is 2.87. The van der Waals surface area contributed by atoms with Gasteiger partial charge in [0.1, 0.15) is 0 Å². The van der Waals surface area contributed by atoms with Crippen LogP contribution in [0, 0.1) is 6.92 Å². The highest BCUT2D eigenvalue weighted by Crippen LogP contribution is 2.22. The molecule has 0 saturated heterocycles. The normalized spacial score (nSPS) is 12.6. The van der Waals surface area contributed by atoms with E-state index in [4.69, 9.17) is 5.11 Å². The van der Waals surface area contributed by atoms with Gasteiger partial charge in [-0.05, 0) is 31.4 Å². The molecule has 4 heteroatoms. The monoisotopic (exact) mass is 274 g/mol. The fraction of sp³-hybridized carbons (Fsp3) is 0.438. The van der Waals surface area contributed by atoms with Crippen LogP contribution in [0.25, 0.3) is 10.9 Å². The Kier molecular flexibility index (Phi) is 4.45. The molecule has 108 valence electrons. The number of aliphatic hydroxyl groups is 1. The Hall–Kier alpha value is -1.81. The third-order valence-electron chi connectivity index (χ3n) is 3.94. The summed E-state index contributed by atoms with van der Waals surface area (Å²) in [5.74, 6) is 0.0635. The lowest BCUT2D eigenvalue weighted by atomic mass is 10.1. The number of para-hydroxylation sites is 1. The Labute approximate surface area is 119 Å². The van der Waals surface area contributed by atoms with Crippen molar-refractivity contribution in [3.05, 3.63) is 35.5 Å². The van der Waals surface area contributed by atoms with Gasteiger partial charge in [-0.3, -0.25) is 4.79 Å². The van der Waals surface area contributed by atoms with Gasteiger partial charge < -0.3 is 15.0 Å². The molecule has 2 N–H and O–H groups in total. The fourth-order valence-corrected chi connectivity index (χ4v) is 2.36. The van der Waals surface area contributed by atoms with Gasteiger partial charge in [-0.15, -0.1) is 0 Å². The van der Waals surface area contributed by atoms with Crippen LogP contribution in [0.4, 0.5) is 0 Å². The first-order chi connectivity index (χ1) is 9.54. The second kappa shape index (κ2) is 6.09. The first-order valence-corrected chi connectivity index (χ1v) is 6.96. The quantitative estimate of drug-likeness (QED) is 0.878. The molecule has 1 heterocycles. The first-order valence-electron chi connectivity index (χ1n) is 6.96. The van der Waals surface area contributed by atoms with Crippen LogP contribution >= 0.6 is 0 Å². The van der Waals surface area contributed by atoms with Gasteiger partial charge in [-0.1, -0.05) is 18.2 Å². The van der Waals surface area contributed by atoms with Crippen LogP contribution in [0.1, 0.15) is 24.5 Å². The maximum absolute atomic E-state index is 12.0. The molecule has 0 saturated carbocycles. The summed E-state index contributed by atoms with van der Waals surface area (Å²) in [6.45, 7) is 3.91. The van der Waals surface area contributed by atoms with E-state index in [-0.39, 0.29) is 18.6 Å². The number of aromatic amines is 1. The molecule has 1 aromatic heterocycles. The fourth-order valence-electron chi connectivity index (χ4n) is 2.36. The summed E-state index contributed by atoms with van der Waals surface area (Å²) in [4.78, 5) is 16.9. The lowest BCUT2D eigenvalue weighted by molar-refractivity contribution is -0.132. The lowest BCUT2D eigenvalue weighted by Crippen LogP contribution is -2.37. The smallest absolute Gasteiger partial charge is 0.222 e. The Balaban J connectivity index is 2.06. The third-order valence-corrected chi connectivity index (χ3v) is 3.94. The minimum atomic E-state index is -0.132. The summed E-state index contributed by atoms with van der Waals surface area (Å²) in [5.41, 5.74) is 3.53. The molecule has 0 aliphatic rings. The van der Waals surface area contributed by atoms with Crippen LogP contribution in [0.15, 0.2) is 24.4 Å². The number of amides is 1. The molecule has 0 aliphatic heterocycles. The highest BCUT2D eigenvalue weighted by atomic mass is 16.3. The topological polar surface area (TPSA) is 56.3 Å². The van der Waals surface area contributed by atoms with Crippen LogP contribution in [-0.4, -0.2) is 40.6 Å². The maximum Gasteiger partial charge on any atom is 0.222 e. The van der Waals surface area contributed by atoms with Crippen LogP contribution in [0.2, 0.25) is 0 Å². The predicted molar refractivity (Wildman–Crippen MR) is 80.7 cm³/mol. The van der Waals surface area contributed by atoms with Crippen molar-refractivity contribution in [3.8, 4) is 0 Å². The van der Waals surface area contributed by atoms with E-state index in [2.05, 4.69) is 24.0 Å². The minimum Gasteiger partial charge on any atom is -0.394 e. The van der Waals surface area contributed by atoms with E-state index in [1.807, 2.05) is 19.2 Å². The van der Waals surface area contributed by atoms with Crippen molar-refractivity contribution in [3.63, 3.8) is 0 Å². The minimum absolute atomic E-state index is 0.00544. The number of aromatic nitrogens is 1. The molecule has 0 aliphatic carbocycles. The van der Waals surface area contributed by atoms with Crippen LogP contribution < -0.4 is 0 Å². The largest absolute Gasteiger partial charge is 0.394 e. The van der Waals surface area contributed by atoms with Crippen molar-refractivity contribution in [2.24, 2.45) is 0 Å². The Bertz CT molecular complexity index is 604. The Morgan fingerprint density at radius 3 is 2.90 bits per heavy atom. The molecule has 0 spiro atoms. The lowest BCUT2D eigenvalue weighted by Gasteiger charge is -2.23. The maximum atomic E-state index is 12.0. The molecule has 1 atom stereocenters. The number of likely N-dealkylation sites (N-methyl/N-ethyl adjacent to an activating group) is 1. The van der Waals surface area contributed by atoms with E-state index >= 15 is 0 Å². The van der Waals surface area contributed by atoms with Crippen molar-refractivity contribution in [2.45, 2.75) is 32.7 Å². The summed E-state index contributed by atoms with van der Waals surface area (Å²) in [7, 11) is 1.74. The number of aryl methyl sites for hydroxylation is 2. The van der Waals surface area contributed by atoms with Crippen LogP contribution in [0.3, 0.4) is 0 Å². The van der Waals surface area contributed by atoms with E-state index in [1.54, 1.807) is 11.9 Å². The van der Waals surface area contributed by atoms with E-state index in [1.165, 1.54) is 16.5 Å². The first kappa shape index (κ1) is 14.6. The number of carbonyl (C=O) groups excluding carboxylic acids is 1. The number of fused-ring (bicyclic) bond motifs is 1. The summed E-state index contributed by atoms with van der Waals surface area (Å²) in [6, 6.07) is 6.06. The Morgan fingerprint density at radius 1 is 1.45 bits per heavy atom. The summed E-state index contributed by atoms with van der Waals surface area (Å²) < 4.78 is 0. The summed E-state index contributed by atoms with van der Waals surface area (Å²) in [5, 5.41) is 10.3.